The van der Waals surface area contributed by atoms with E-state index in [0.717, 1.165) is 29.5 Å². The molecule has 1 fully saturated rings. The topological polar surface area (TPSA) is 35.9 Å². The lowest BCUT2D eigenvalue weighted by Gasteiger charge is -2.33. The number of carbonyl (C=O) groups excluding carboxylic acids is 1. The minimum atomic E-state index is -0.246. The largest absolute Gasteiger partial charge is 0.325 e. The third-order valence-corrected chi connectivity index (χ3v) is 5.85. The van der Waals surface area contributed by atoms with E-state index in [1.165, 1.54) is 31.4 Å². The summed E-state index contributed by atoms with van der Waals surface area (Å²) < 4.78 is 13.6. The number of carbonyl (C=O) groups is 1. The second-order valence-corrected chi connectivity index (χ2v) is 7.75. The van der Waals surface area contributed by atoms with Crippen molar-refractivity contribution in [3.63, 3.8) is 0 Å². The fourth-order valence-electron chi connectivity index (χ4n) is 4.18. The highest BCUT2D eigenvalue weighted by Crippen LogP contribution is 2.29. The van der Waals surface area contributed by atoms with E-state index in [-0.39, 0.29) is 17.9 Å². The highest BCUT2D eigenvalue weighted by molar-refractivity contribution is 5.87. The molecule has 4 rings (SSSR count). The van der Waals surface area contributed by atoms with E-state index in [9.17, 15) is 9.18 Å². The van der Waals surface area contributed by atoms with Crippen LogP contribution in [0, 0.1) is 5.82 Å². The van der Waals surface area contributed by atoms with Crippen molar-refractivity contribution in [1.82, 2.24) is 9.80 Å². The molecular formula is C23H26FN3O. The maximum Gasteiger partial charge on any atom is 0.325 e. The van der Waals surface area contributed by atoms with Gasteiger partial charge in [-0.1, -0.05) is 49.6 Å². The molecule has 2 aromatic rings. The maximum absolute atomic E-state index is 13.6. The first-order chi connectivity index (χ1) is 13.6. The van der Waals surface area contributed by atoms with Crippen LogP contribution in [0.1, 0.15) is 43.7 Å². The number of halogens is 1. The van der Waals surface area contributed by atoms with Gasteiger partial charge in [0.2, 0.25) is 0 Å². The first-order valence-electron chi connectivity index (χ1n) is 10.0. The number of amides is 2. The fourth-order valence-corrected chi connectivity index (χ4v) is 4.18. The minimum Gasteiger partial charge on any atom is -0.324 e. The van der Waals surface area contributed by atoms with Crippen molar-refractivity contribution in [2.45, 2.75) is 44.2 Å². The van der Waals surface area contributed by atoms with Gasteiger partial charge in [0.1, 0.15) is 5.82 Å². The molecule has 0 saturated heterocycles. The van der Waals surface area contributed by atoms with E-state index in [0.29, 0.717) is 12.6 Å². The Bertz CT molecular complexity index is 876. The van der Waals surface area contributed by atoms with Crippen LogP contribution in [0.3, 0.4) is 0 Å². The first kappa shape index (κ1) is 18.7. The monoisotopic (exact) mass is 379 g/mol. The van der Waals surface area contributed by atoms with Crippen LogP contribution >= 0.6 is 0 Å². The molecule has 2 aromatic carbocycles. The van der Waals surface area contributed by atoms with Gasteiger partial charge in [0.15, 0.2) is 0 Å². The lowest BCUT2D eigenvalue weighted by atomic mass is 9.95. The summed E-state index contributed by atoms with van der Waals surface area (Å²) in [5.74, 6) is -0.246. The van der Waals surface area contributed by atoms with Crippen molar-refractivity contribution in [2.24, 2.45) is 4.99 Å². The van der Waals surface area contributed by atoms with Gasteiger partial charge in [0.05, 0.1) is 18.9 Å². The molecular weight excluding hydrogens is 353 g/mol. The SMILES string of the molecule is CN(C(=O)N1C=NC(c2cccc(-c3cccc(F)c3)c2)C1)C1CCCCC1. The summed E-state index contributed by atoms with van der Waals surface area (Å²) >= 11 is 0. The Labute approximate surface area is 165 Å². The van der Waals surface area contributed by atoms with Gasteiger partial charge in [-0.3, -0.25) is 9.89 Å². The molecule has 0 N–H and O–H groups in total. The van der Waals surface area contributed by atoms with Crippen LogP contribution in [0.4, 0.5) is 9.18 Å². The third-order valence-electron chi connectivity index (χ3n) is 5.85. The molecule has 2 aliphatic rings. The van der Waals surface area contributed by atoms with Crippen LogP contribution in [-0.2, 0) is 0 Å². The average Bonchev–Trinajstić information content (AvgIpc) is 3.24. The van der Waals surface area contributed by atoms with Gasteiger partial charge in [0.25, 0.3) is 0 Å². The predicted octanol–water partition coefficient (Wildman–Crippen LogP) is 5.26. The molecule has 1 saturated carbocycles. The third kappa shape index (κ3) is 3.93. The quantitative estimate of drug-likeness (QED) is 0.716. The van der Waals surface area contributed by atoms with Gasteiger partial charge in [-0.05, 0) is 47.7 Å². The smallest absolute Gasteiger partial charge is 0.324 e. The zero-order valence-corrected chi connectivity index (χ0v) is 16.2. The van der Waals surface area contributed by atoms with E-state index >= 15 is 0 Å². The summed E-state index contributed by atoms with van der Waals surface area (Å²) in [6, 6.07) is 14.9. The van der Waals surface area contributed by atoms with Crippen LogP contribution in [-0.4, -0.2) is 41.8 Å². The predicted molar refractivity (Wildman–Crippen MR) is 110 cm³/mol. The van der Waals surface area contributed by atoms with Crippen LogP contribution < -0.4 is 0 Å². The Morgan fingerprint density at radius 3 is 2.54 bits per heavy atom. The molecule has 1 heterocycles. The second kappa shape index (κ2) is 8.13. The van der Waals surface area contributed by atoms with E-state index in [4.69, 9.17) is 0 Å². The number of urea groups is 1. The molecule has 5 heteroatoms. The molecule has 4 nitrogen and oxygen atoms in total. The van der Waals surface area contributed by atoms with E-state index in [1.54, 1.807) is 17.3 Å². The van der Waals surface area contributed by atoms with Gasteiger partial charge in [-0.15, -0.1) is 0 Å². The Balaban J connectivity index is 1.45. The number of aliphatic imine (C=N–C) groups is 1. The van der Waals surface area contributed by atoms with Gasteiger partial charge in [-0.25, -0.2) is 9.18 Å². The molecule has 0 spiro atoms. The lowest BCUT2D eigenvalue weighted by Crippen LogP contribution is -2.45. The Morgan fingerprint density at radius 2 is 1.79 bits per heavy atom. The van der Waals surface area contributed by atoms with Crippen LogP contribution in [0.5, 0.6) is 0 Å². The normalized spacial score (nSPS) is 19.8. The summed E-state index contributed by atoms with van der Waals surface area (Å²) in [7, 11) is 1.91. The van der Waals surface area contributed by atoms with Gasteiger partial charge in [-0.2, -0.15) is 0 Å². The standard InChI is InChI=1S/C23H26FN3O/c1-26(21-11-3-2-4-12-21)23(28)27-15-22(25-16-27)19-9-5-7-17(13-19)18-8-6-10-20(24)14-18/h5-10,13-14,16,21-22H,2-4,11-12,15H2,1H3. The number of hydrogen-bond acceptors (Lipinski definition) is 2. The molecule has 1 aliphatic carbocycles. The summed E-state index contributed by atoms with van der Waals surface area (Å²) in [5.41, 5.74) is 2.83. The van der Waals surface area contributed by atoms with Gasteiger partial charge < -0.3 is 4.90 Å². The molecule has 146 valence electrons. The molecule has 2 amide bonds. The second-order valence-electron chi connectivity index (χ2n) is 7.75. The van der Waals surface area contributed by atoms with E-state index < -0.39 is 0 Å². The van der Waals surface area contributed by atoms with Gasteiger partial charge in [0, 0.05) is 13.1 Å². The summed E-state index contributed by atoms with van der Waals surface area (Å²) in [4.78, 5) is 21.0. The van der Waals surface area contributed by atoms with Crippen LogP contribution in [0.2, 0.25) is 0 Å². The Morgan fingerprint density at radius 1 is 1.07 bits per heavy atom. The molecule has 0 bridgehead atoms. The van der Waals surface area contributed by atoms with Crippen molar-refractivity contribution >= 4 is 12.4 Å². The van der Waals surface area contributed by atoms with Crippen molar-refractivity contribution in [2.75, 3.05) is 13.6 Å². The highest BCUT2D eigenvalue weighted by Gasteiger charge is 2.29. The first-order valence-corrected chi connectivity index (χ1v) is 10.0. The minimum absolute atomic E-state index is 0.0273. The maximum atomic E-state index is 13.6. The van der Waals surface area contributed by atoms with Crippen LogP contribution in [0.15, 0.2) is 53.5 Å². The molecule has 0 radical (unpaired) electrons. The van der Waals surface area contributed by atoms with Crippen molar-refractivity contribution in [3.05, 3.63) is 59.9 Å². The van der Waals surface area contributed by atoms with E-state index in [2.05, 4.69) is 4.99 Å². The zero-order chi connectivity index (χ0) is 19.5. The van der Waals surface area contributed by atoms with Crippen molar-refractivity contribution < 1.29 is 9.18 Å². The van der Waals surface area contributed by atoms with Crippen molar-refractivity contribution in [3.8, 4) is 11.1 Å². The van der Waals surface area contributed by atoms with E-state index in [1.807, 2.05) is 42.3 Å². The average molecular weight is 379 g/mol. The molecule has 28 heavy (non-hydrogen) atoms. The molecule has 1 aliphatic heterocycles. The molecule has 0 aromatic heterocycles. The van der Waals surface area contributed by atoms with Crippen molar-refractivity contribution in [1.29, 1.82) is 0 Å². The molecule has 1 unspecified atom stereocenters. The number of hydrogen-bond donors (Lipinski definition) is 0. The summed E-state index contributed by atoms with van der Waals surface area (Å²) in [6.45, 7) is 0.544. The number of benzene rings is 2. The molecule has 1 atom stereocenters. The lowest BCUT2D eigenvalue weighted by molar-refractivity contribution is 0.155. The van der Waals surface area contributed by atoms with Gasteiger partial charge >= 0.3 is 6.03 Å². The zero-order valence-electron chi connectivity index (χ0n) is 16.2. The number of nitrogens with zero attached hydrogens (tertiary/aromatic N) is 3. The fraction of sp³-hybridized carbons (Fsp3) is 0.391. The Kier molecular flexibility index (Phi) is 5.42. The highest BCUT2D eigenvalue weighted by atomic mass is 19.1. The Hall–Kier alpha value is -2.69. The summed E-state index contributed by atoms with van der Waals surface area (Å²) in [6.07, 6.45) is 7.52. The van der Waals surface area contributed by atoms with Crippen LogP contribution in [0.25, 0.3) is 11.1 Å². The number of rotatable bonds is 3. The summed E-state index contributed by atoms with van der Waals surface area (Å²) in [5, 5.41) is 0.